The van der Waals surface area contributed by atoms with Crippen LogP contribution < -0.4 is 11.2 Å². The summed E-state index contributed by atoms with van der Waals surface area (Å²) in [7, 11) is 0. The highest BCUT2D eigenvalue weighted by atomic mass is 16.5. The van der Waals surface area contributed by atoms with Crippen LogP contribution in [0.5, 0.6) is 0 Å². The summed E-state index contributed by atoms with van der Waals surface area (Å²) in [6, 6.07) is 0. The van der Waals surface area contributed by atoms with Crippen LogP contribution in [0.2, 0.25) is 6.82 Å². The van der Waals surface area contributed by atoms with Gasteiger partial charge in [-0.05, 0) is 20.8 Å². The molecule has 3 aromatic rings. The molecule has 0 saturated heterocycles. The van der Waals surface area contributed by atoms with Gasteiger partial charge in [0.2, 0.25) is 0 Å². The van der Waals surface area contributed by atoms with Crippen molar-refractivity contribution in [2.24, 2.45) is 0 Å². The van der Waals surface area contributed by atoms with Crippen molar-refractivity contribution in [2.75, 3.05) is 5.73 Å². The quantitative estimate of drug-likeness (QED) is 0.697. The SMILES string of the molecule is CB(O)c1c(-c2nn(C(C)(C)C)c3ncnc(N)c23)noc1C(C)C. The summed E-state index contributed by atoms with van der Waals surface area (Å²) in [6.45, 7) is 11.0. The molecule has 0 amide bonds. The largest absolute Gasteiger partial charge is 0.446 e. The van der Waals surface area contributed by atoms with Crippen molar-refractivity contribution in [1.82, 2.24) is 24.9 Å². The van der Waals surface area contributed by atoms with Gasteiger partial charge in [-0.2, -0.15) is 5.10 Å². The van der Waals surface area contributed by atoms with E-state index in [1.807, 2.05) is 34.6 Å². The van der Waals surface area contributed by atoms with Gasteiger partial charge in [-0.1, -0.05) is 25.8 Å². The van der Waals surface area contributed by atoms with Gasteiger partial charge in [0.1, 0.15) is 29.3 Å². The van der Waals surface area contributed by atoms with Gasteiger partial charge in [-0.15, -0.1) is 0 Å². The molecule has 3 N–H and O–H groups in total. The number of fused-ring (bicyclic) bond motifs is 1. The number of aromatic nitrogens is 5. The fourth-order valence-corrected chi connectivity index (χ4v) is 2.91. The molecule has 25 heavy (non-hydrogen) atoms. The van der Waals surface area contributed by atoms with Crippen LogP contribution in [0.1, 0.15) is 46.3 Å². The Balaban J connectivity index is 2.38. The predicted octanol–water partition coefficient (Wildman–Crippen LogP) is 1.76. The topological polar surface area (TPSA) is 116 Å². The second-order valence-electron chi connectivity index (χ2n) is 7.53. The van der Waals surface area contributed by atoms with E-state index in [0.717, 1.165) is 0 Å². The Labute approximate surface area is 146 Å². The smallest absolute Gasteiger partial charge is 0.326 e. The zero-order valence-corrected chi connectivity index (χ0v) is 15.4. The van der Waals surface area contributed by atoms with Crippen LogP contribution >= 0.6 is 0 Å². The standard InChI is InChI=1S/C16H23BN6O2/c1-8(2)13-10(17(6)24)12(22-25-13)11-9-14(18)19-7-20-15(9)23(21-11)16(3,4)5/h7-8,24H,1-6H3,(H2,18,19,20). The van der Waals surface area contributed by atoms with Crippen molar-refractivity contribution >= 4 is 29.2 Å². The third kappa shape index (κ3) is 2.78. The molecule has 132 valence electrons. The Hall–Kier alpha value is -2.42. The molecule has 0 fully saturated rings. The molecule has 3 aromatic heterocycles. The molecule has 0 atom stereocenters. The minimum atomic E-state index is -0.751. The first-order valence-corrected chi connectivity index (χ1v) is 8.30. The highest BCUT2D eigenvalue weighted by Gasteiger charge is 2.31. The van der Waals surface area contributed by atoms with Crippen molar-refractivity contribution in [3.63, 3.8) is 0 Å². The number of rotatable bonds is 3. The molecular formula is C16H23BN6O2. The molecule has 0 aliphatic rings. The van der Waals surface area contributed by atoms with Crippen molar-refractivity contribution in [1.29, 1.82) is 0 Å². The Kier molecular flexibility index (Phi) is 4.06. The molecule has 3 heterocycles. The van der Waals surface area contributed by atoms with Gasteiger partial charge in [0.15, 0.2) is 5.65 Å². The Bertz CT molecular complexity index is 923. The highest BCUT2D eigenvalue weighted by molar-refractivity contribution is 6.66. The number of anilines is 1. The summed E-state index contributed by atoms with van der Waals surface area (Å²) in [6.07, 6.45) is 1.42. The Morgan fingerprint density at radius 1 is 1.24 bits per heavy atom. The average Bonchev–Trinajstić information content (AvgIpc) is 3.08. The maximum absolute atomic E-state index is 10.3. The first-order valence-electron chi connectivity index (χ1n) is 8.30. The van der Waals surface area contributed by atoms with E-state index in [4.69, 9.17) is 15.4 Å². The number of hydrogen-bond donors (Lipinski definition) is 2. The molecule has 3 rings (SSSR count). The summed E-state index contributed by atoms with van der Waals surface area (Å²) >= 11 is 0. The monoisotopic (exact) mass is 342 g/mol. The van der Waals surface area contributed by atoms with E-state index in [1.54, 1.807) is 11.5 Å². The van der Waals surface area contributed by atoms with Crippen molar-refractivity contribution in [2.45, 2.75) is 52.9 Å². The summed E-state index contributed by atoms with van der Waals surface area (Å²) in [4.78, 5) is 8.46. The summed E-state index contributed by atoms with van der Waals surface area (Å²) in [5.74, 6) is 1.04. The van der Waals surface area contributed by atoms with Gasteiger partial charge in [0.05, 0.1) is 10.9 Å². The number of nitrogens with two attached hydrogens (primary N) is 1. The number of nitrogen functional groups attached to an aromatic ring is 1. The highest BCUT2D eigenvalue weighted by Crippen LogP contribution is 2.32. The van der Waals surface area contributed by atoms with Gasteiger partial charge in [0.25, 0.3) is 0 Å². The van der Waals surface area contributed by atoms with E-state index < -0.39 is 6.92 Å². The minimum Gasteiger partial charge on any atom is -0.446 e. The molecule has 0 radical (unpaired) electrons. The van der Waals surface area contributed by atoms with E-state index in [9.17, 15) is 5.02 Å². The number of nitrogens with zero attached hydrogens (tertiary/aromatic N) is 5. The summed E-state index contributed by atoms with van der Waals surface area (Å²) in [5.41, 5.74) is 8.06. The first-order chi connectivity index (χ1) is 11.6. The van der Waals surface area contributed by atoms with Gasteiger partial charge < -0.3 is 15.3 Å². The lowest BCUT2D eigenvalue weighted by Gasteiger charge is -2.19. The molecule has 0 spiro atoms. The van der Waals surface area contributed by atoms with Gasteiger partial charge in [-0.3, -0.25) is 0 Å². The van der Waals surface area contributed by atoms with Crippen LogP contribution in [0.3, 0.4) is 0 Å². The fraction of sp³-hybridized carbons (Fsp3) is 0.500. The second-order valence-corrected chi connectivity index (χ2v) is 7.53. The zero-order chi connectivity index (χ0) is 18.5. The van der Waals surface area contributed by atoms with Gasteiger partial charge in [-0.25, -0.2) is 14.6 Å². The predicted molar refractivity (Wildman–Crippen MR) is 97.8 cm³/mol. The van der Waals surface area contributed by atoms with Crippen LogP contribution in [0.15, 0.2) is 10.9 Å². The third-order valence-corrected chi connectivity index (χ3v) is 4.05. The Morgan fingerprint density at radius 2 is 1.92 bits per heavy atom. The van der Waals surface area contributed by atoms with Crippen LogP contribution in [-0.2, 0) is 5.54 Å². The lowest BCUT2D eigenvalue weighted by atomic mass is 9.62. The van der Waals surface area contributed by atoms with Crippen LogP contribution in [0.4, 0.5) is 5.82 Å². The number of hydrogen-bond acceptors (Lipinski definition) is 7. The van der Waals surface area contributed by atoms with Crippen molar-refractivity contribution in [3.05, 3.63) is 12.1 Å². The molecule has 0 aliphatic carbocycles. The Morgan fingerprint density at radius 3 is 2.48 bits per heavy atom. The van der Waals surface area contributed by atoms with E-state index >= 15 is 0 Å². The molecule has 8 nitrogen and oxygen atoms in total. The normalized spacial score (nSPS) is 12.3. The maximum atomic E-state index is 10.3. The van der Waals surface area contributed by atoms with Crippen LogP contribution in [0, 0.1) is 0 Å². The summed E-state index contributed by atoms with van der Waals surface area (Å²) in [5, 5.41) is 19.8. The maximum Gasteiger partial charge on any atom is 0.326 e. The lowest BCUT2D eigenvalue weighted by Crippen LogP contribution is -2.30. The van der Waals surface area contributed by atoms with E-state index in [-0.39, 0.29) is 11.5 Å². The molecule has 0 saturated carbocycles. The van der Waals surface area contributed by atoms with Crippen molar-refractivity contribution < 1.29 is 9.55 Å². The summed E-state index contributed by atoms with van der Waals surface area (Å²) < 4.78 is 7.31. The van der Waals surface area contributed by atoms with E-state index in [0.29, 0.717) is 39.5 Å². The molecular weight excluding hydrogens is 319 g/mol. The van der Waals surface area contributed by atoms with Crippen LogP contribution in [0.25, 0.3) is 22.4 Å². The minimum absolute atomic E-state index is 0.0791. The third-order valence-electron chi connectivity index (χ3n) is 4.05. The van der Waals surface area contributed by atoms with Crippen LogP contribution in [-0.4, -0.2) is 36.8 Å². The molecule has 0 aliphatic heterocycles. The van der Waals surface area contributed by atoms with E-state index in [1.165, 1.54) is 6.33 Å². The van der Waals surface area contributed by atoms with Crippen molar-refractivity contribution in [3.8, 4) is 11.4 Å². The van der Waals surface area contributed by atoms with Gasteiger partial charge in [0, 0.05) is 11.4 Å². The molecule has 0 unspecified atom stereocenters. The molecule has 0 aromatic carbocycles. The second kappa shape index (κ2) is 5.84. The molecule has 9 heteroatoms. The van der Waals surface area contributed by atoms with E-state index in [2.05, 4.69) is 15.1 Å². The lowest BCUT2D eigenvalue weighted by molar-refractivity contribution is 0.364. The zero-order valence-electron chi connectivity index (χ0n) is 15.4. The average molecular weight is 342 g/mol. The van der Waals surface area contributed by atoms with Gasteiger partial charge >= 0.3 is 6.92 Å². The molecule has 0 bridgehead atoms. The fourth-order valence-electron chi connectivity index (χ4n) is 2.91. The first kappa shape index (κ1) is 17.4.